The third-order valence-electron chi connectivity index (χ3n) is 3.23. The van der Waals surface area contributed by atoms with Crippen LogP contribution in [-0.2, 0) is 28.9 Å². The molecule has 0 bridgehead atoms. The molecule has 1 aromatic carbocycles. The zero-order valence-electron chi connectivity index (χ0n) is 10.3. The fourth-order valence-electron chi connectivity index (χ4n) is 2.26. The van der Waals surface area contributed by atoms with Crippen molar-refractivity contribution < 1.29 is 9.53 Å². The summed E-state index contributed by atoms with van der Waals surface area (Å²) < 4.78 is 4.58. The molecule has 0 atom stereocenters. The van der Waals surface area contributed by atoms with Gasteiger partial charge < -0.3 is 10.1 Å². The fourth-order valence-corrected chi connectivity index (χ4v) is 2.26. The molecule has 0 fully saturated rings. The smallest absolute Gasteiger partial charge is 0.306 e. The number of benzene rings is 1. The van der Waals surface area contributed by atoms with Gasteiger partial charge in [-0.2, -0.15) is 0 Å². The SMILES string of the molecule is COC(=O)CCNCc1ccc2c(c1)CCC2. The molecule has 0 amide bonds. The molecule has 1 N–H and O–H groups in total. The van der Waals surface area contributed by atoms with Gasteiger partial charge in [0.05, 0.1) is 13.5 Å². The van der Waals surface area contributed by atoms with E-state index in [1.54, 1.807) is 0 Å². The molecule has 0 saturated heterocycles. The fraction of sp³-hybridized carbons (Fsp3) is 0.500. The number of fused-ring (bicyclic) bond motifs is 1. The molecule has 0 saturated carbocycles. The van der Waals surface area contributed by atoms with Crippen LogP contribution in [0, 0.1) is 0 Å². The molecule has 1 aliphatic carbocycles. The first-order valence-corrected chi connectivity index (χ1v) is 6.18. The van der Waals surface area contributed by atoms with E-state index in [-0.39, 0.29) is 5.97 Å². The van der Waals surface area contributed by atoms with Crippen LogP contribution in [0.15, 0.2) is 18.2 Å². The van der Waals surface area contributed by atoms with Gasteiger partial charge in [0, 0.05) is 13.1 Å². The van der Waals surface area contributed by atoms with Gasteiger partial charge in [-0.15, -0.1) is 0 Å². The third kappa shape index (κ3) is 3.30. The monoisotopic (exact) mass is 233 g/mol. The van der Waals surface area contributed by atoms with Gasteiger partial charge in [0.25, 0.3) is 0 Å². The normalized spacial score (nSPS) is 13.5. The predicted molar refractivity (Wildman–Crippen MR) is 66.8 cm³/mol. The zero-order valence-corrected chi connectivity index (χ0v) is 10.3. The van der Waals surface area contributed by atoms with Crippen molar-refractivity contribution in [3.8, 4) is 0 Å². The minimum Gasteiger partial charge on any atom is -0.469 e. The third-order valence-corrected chi connectivity index (χ3v) is 3.23. The van der Waals surface area contributed by atoms with Crippen molar-refractivity contribution in [3.63, 3.8) is 0 Å². The molecule has 0 aromatic heterocycles. The summed E-state index contributed by atoms with van der Waals surface area (Å²) in [4.78, 5) is 10.9. The van der Waals surface area contributed by atoms with E-state index in [4.69, 9.17) is 0 Å². The topological polar surface area (TPSA) is 38.3 Å². The molecule has 0 unspecified atom stereocenters. The van der Waals surface area contributed by atoms with Gasteiger partial charge in [0.1, 0.15) is 0 Å². The molecule has 3 heteroatoms. The van der Waals surface area contributed by atoms with Crippen LogP contribution in [-0.4, -0.2) is 19.6 Å². The number of hydrogen-bond acceptors (Lipinski definition) is 3. The summed E-state index contributed by atoms with van der Waals surface area (Å²) in [6.07, 6.45) is 4.16. The number of hydrogen-bond donors (Lipinski definition) is 1. The number of carbonyl (C=O) groups is 1. The highest BCUT2D eigenvalue weighted by Crippen LogP contribution is 2.22. The van der Waals surface area contributed by atoms with Crippen LogP contribution in [0.5, 0.6) is 0 Å². The molecule has 1 aromatic rings. The Hall–Kier alpha value is -1.35. The predicted octanol–water partition coefficient (Wildman–Crippen LogP) is 1.83. The van der Waals surface area contributed by atoms with Crippen molar-refractivity contribution >= 4 is 5.97 Å². The molecule has 92 valence electrons. The van der Waals surface area contributed by atoms with Crippen LogP contribution in [0.1, 0.15) is 29.5 Å². The molecule has 0 radical (unpaired) electrons. The lowest BCUT2D eigenvalue weighted by Gasteiger charge is -2.06. The molecular formula is C14H19NO2. The van der Waals surface area contributed by atoms with Crippen LogP contribution in [0.25, 0.3) is 0 Å². The average molecular weight is 233 g/mol. The number of nitrogens with one attached hydrogen (secondary N) is 1. The molecule has 0 spiro atoms. The van der Waals surface area contributed by atoms with Crippen LogP contribution in [0.3, 0.4) is 0 Å². The van der Waals surface area contributed by atoms with E-state index >= 15 is 0 Å². The van der Waals surface area contributed by atoms with Crippen LogP contribution in [0.4, 0.5) is 0 Å². The summed E-state index contributed by atoms with van der Waals surface area (Å²) >= 11 is 0. The van der Waals surface area contributed by atoms with Crippen LogP contribution < -0.4 is 5.32 Å². The maximum absolute atomic E-state index is 10.9. The Morgan fingerprint density at radius 2 is 2.18 bits per heavy atom. The lowest BCUT2D eigenvalue weighted by molar-refractivity contribution is -0.140. The van der Waals surface area contributed by atoms with E-state index in [1.807, 2.05) is 0 Å². The summed E-state index contributed by atoms with van der Waals surface area (Å²) in [6.45, 7) is 1.49. The van der Waals surface area contributed by atoms with Crippen molar-refractivity contribution in [1.82, 2.24) is 5.32 Å². The van der Waals surface area contributed by atoms with E-state index in [0.717, 1.165) is 6.54 Å². The maximum atomic E-state index is 10.9. The first kappa shape index (κ1) is 12.1. The van der Waals surface area contributed by atoms with Gasteiger partial charge in [-0.3, -0.25) is 4.79 Å². The molecule has 1 aliphatic rings. The molecular weight excluding hydrogens is 214 g/mol. The second kappa shape index (κ2) is 5.82. The second-order valence-electron chi connectivity index (χ2n) is 4.46. The van der Waals surface area contributed by atoms with Crippen molar-refractivity contribution in [2.45, 2.75) is 32.2 Å². The van der Waals surface area contributed by atoms with E-state index in [2.05, 4.69) is 28.3 Å². The maximum Gasteiger partial charge on any atom is 0.306 e. The van der Waals surface area contributed by atoms with Crippen molar-refractivity contribution in [1.29, 1.82) is 0 Å². The van der Waals surface area contributed by atoms with Crippen LogP contribution in [0.2, 0.25) is 0 Å². The van der Waals surface area contributed by atoms with E-state index in [9.17, 15) is 4.79 Å². The van der Waals surface area contributed by atoms with Crippen molar-refractivity contribution in [2.75, 3.05) is 13.7 Å². The summed E-state index contributed by atoms with van der Waals surface area (Å²) in [7, 11) is 1.42. The lowest BCUT2D eigenvalue weighted by Crippen LogP contribution is -2.18. The van der Waals surface area contributed by atoms with Gasteiger partial charge in [-0.05, 0) is 36.0 Å². The Morgan fingerprint density at radius 3 is 3.00 bits per heavy atom. The largest absolute Gasteiger partial charge is 0.469 e. The van der Waals surface area contributed by atoms with Crippen molar-refractivity contribution in [3.05, 3.63) is 34.9 Å². The van der Waals surface area contributed by atoms with Gasteiger partial charge in [0.2, 0.25) is 0 Å². The molecule has 0 aliphatic heterocycles. The quantitative estimate of drug-likeness (QED) is 0.623. The van der Waals surface area contributed by atoms with E-state index in [0.29, 0.717) is 13.0 Å². The minimum absolute atomic E-state index is 0.161. The standard InChI is InChI=1S/C14H19NO2/c1-17-14(16)7-8-15-10-11-5-6-12-3-2-4-13(12)9-11/h5-6,9,15H,2-4,7-8,10H2,1H3. The highest BCUT2D eigenvalue weighted by molar-refractivity contribution is 5.69. The Labute approximate surface area is 102 Å². The lowest BCUT2D eigenvalue weighted by atomic mass is 10.1. The van der Waals surface area contributed by atoms with Gasteiger partial charge >= 0.3 is 5.97 Å². The second-order valence-corrected chi connectivity index (χ2v) is 4.46. The molecule has 17 heavy (non-hydrogen) atoms. The van der Waals surface area contributed by atoms with Gasteiger partial charge in [0.15, 0.2) is 0 Å². The van der Waals surface area contributed by atoms with Gasteiger partial charge in [-0.1, -0.05) is 18.2 Å². The molecule has 0 heterocycles. The summed E-state index contributed by atoms with van der Waals surface area (Å²) in [5.74, 6) is -0.161. The number of methoxy groups -OCH3 is 1. The van der Waals surface area contributed by atoms with E-state index in [1.165, 1.54) is 43.1 Å². The molecule has 3 nitrogen and oxygen atoms in total. The van der Waals surface area contributed by atoms with Gasteiger partial charge in [-0.25, -0.2) is 0 Å². The summed E-state index contributed by atoms with van der Waals surface area (Å²) in [5.41, 5.74) is 4.30. The zero-order chi connectivity index (χ0) is 12.1. The Bertz CT molecular complexity index is 401. The number of rotatable bonds is 5. The minimum atomic E-state index is -0.161. The Balaban J connectivity index is 1.78. The summed E-state index contributed by atoms with van der Waals surface area (Å²) in [6, 6.07) is 6.70. The average Bonchev–Trinajstić information content (AvgIpc) is 2.81. The molecule has 2 rings (SSSR count). The Morgan fingerprint density at radius 1 is 1.35 bits per heavy atom. The first-order chi connectivity index (χ1) is 8.29. The number of ether oxygens (including phenoxy) is 1. The van der Waals surface area contributed by atoms with E-state index < -0.39 is 0 Å². The number of carbonyl (C=O) groups excluding carboxylic acids is 1. The highest BCUT2D eigenvalue weighted by Gasteiger charge is 2.10. The first-order valence-electron chi connectivity index (χ1n) is 6.18. The van der Waals surface area contributed by atoms with Crippen LogP contribution >= 0.6 is 0 Å². The highest BCUT2D eigenvalue weighted by atomic mass is 16.5. The van der Waals surface area contributed by atoms with Crippen molar-refractivity contribution in [2.24, 2.45) is 0 Å². The number of aryl methyl sites for hydroxylation is 2. The summed E-state index contributed by atoms with van der Waals surface area (Å²) in [5, 5.41) is 3.26. The number of esters is 1. The Kier molecular flexibility index (Phi) is 4.15.